The normalized spacial score (nSPS) is 11.6. The van der Waals surface area contributed by atoms with Crippen molar-refractivity contribution < 1.29 is 18.9 Å². The Morgan fingerprint density at radius 1 is 0.643 bits per heavy atom. The van der Waals surface area contributed by atoms with Crippen molar-refractivity contribution in [1.29, 1.82) is 0 Å². The maximum Gasteiger partial charge on any atom is 0.217 e. The van der Waals surface area contributed by atoms with Gasteiger partial charge in [0.25, 0.3) is 0 Å². The molecule has 0 aliphatic carbocycles. The van der Waals surface area contributed by atoms with Gasteiger partial charge in [0, 0.05) is 28.4 Å². The van der Waals surface area contributed by atoms with Crippen LogP contribution in [0.5, 0.6) is 0 Å². The zero-order chi connectivity index (χ0) is 10.8. The molecule has 0 atom stereocenters. The van der Waals surface area contributed by atoms with Crippen LogP contribution in [0.3, 0.4) is 0 Å². The summed E-state index contributed by atoms with van der Waals surface area (Å²) in [5.74, 6) is 0. The standard InChI is InChI=1S/C6H14O4S4/c1-7-5(8-2)11-13-14-12-6(9-3)10-4/h5-6H,1-4H3. The van der Waals surface area contributed by atoms with Crippen LogP contribution in [0.4, 0.5) is 0 Å². The Morgan fingerprint density at radius 2 is 0.929 bits per heavy atom. The highest BCUT2D eigenvalue weighted by Gasteiger charge is 2.09. The van der Waals surface area contributed by atoms with E-state index in [9.17, 15) is 0 Å². The van der Waals surface area contributed by atoms with Crippen molar-refractivity contribution in [2.45, 2.75) is 11.2 Å². The van der Waals surface area contributed by atoms with Crippen molar-refractivity contribution in [3.8, 4) is 0 Å². The minimum atomic E-state index is -0.239. The summed E-state index contributed by atoms with van der Waals surface area (Å²) in [6, 6.07) is 0. The van der Waals surface area contributed by atoms with Crippen molar-refractivity contribution in [1.82, 2.24) is 0 Å². The smallest absolute Gasteiger partial charge is 0.217 e. The van der Waals surface area contributed by atoms with Crippen LogP contribution in [0, 0.1) is 0 Å². The highest BCUT2D eigenvalue weighted by Crippen LogP contribution is 2.46. The maximum atomic E-state index is 4.99. The fourth-order valence-electron chi connectivity index (χ4n) is 0.446. The van der Waals surface area contributed by atoms with Gasteiger partial charge in [-0.2, -0.15) is 0 Å². The summed E-state index contributed by atoms with van der Waals surface area (Å²) in [6.07, 6.45) is 0. The van der Waals surface area contributed by atoms with E-state index in [1.54, 1.807) is 48.1 Å². The third kappa shape index (κ3) is 7.52. The molecule has 0 heterocycles. The number of hydrogen-bond donors (Lipinski definition) is 0. The largest absolute Gasteiger partial charge is 0.346 e. The molecule has 86 valence electrons. The Labute approximate surface area is 99.7 Å². The average molecular weight is 278 g/mol. The fourth-order valence-corrected chi connectivity index (χ4v) is 5.94. The maximum absolute atomic E-state index is 4.99. The third-order valence-electron chi connectivity index (χ3n) is 1.03. The molecule has 0 saturated carbocycles. The van der Waals surface area contributed by atoms with Gasteiger partial charge in [-0.3, -0.25) is 0 Å². The van der Waals surface area contributed by atoms with Gasteiger partial charge in [-0.05, 0) is 41.2 Å². The molecule has 0 radical (unpaired) electrons. The van der Waals surface area contributed by atoms with Crippen LogP contribution in [-0.2, 0) is 18.9 Å². The van der Waals surface area contributed by atoms with E-state index in [-0.39, 0.29) is 11.2 Å². The molecular formula is C6H14O4S4. The summed E-state index contributed by atoms with van der Waals surface area (Å²) >= 11 is 0. The highest BCUT2D eigenvalue weighted by atomic mass is 33.7. The molecule has 0 spiro atoms. The molecule has 0 amide bonds. The molecule has 0 rings (SSSR count). The zero-order valence-electron chi connectivity index (χ0n) is 8.42. The van der Waals surface area contributed by atoms with Crippen molar-refractivity contribution in [3.63, 3.8) is 0 Å². The van der Waals surface area contributed by atoms with E-state index < -0.39 is 0 Å². The zero-order valence-corrected chi connectivity index (χ0v) is 11.7. The molecule has 4 nitrogen and oxygen atoms in total. The second-order valence-corrected chi connectivity index (χ2v) is 7.70. The highest BCUT2D eigenvalue weighted by molar-refractivity contribution is 9.26. The SMILES string of the molecule is COC(OC)SSSSC(OC)OC. The van der Waals surface area contributed by atoms with E-state index in [1.807, 2.05) is 0 Å². The first kappa shape index (κ1) is 15.2. The number of rotatable bonds is 9. The summed E-state index contributed by atoms with van der Waals surface area (Å²) < 4.78 is 20.0. The Kier molecular flexibility index (Phi) is 11.7. The fraction of sp³-hybridized carbons (Fsp3) is 1.00. The summed E-state index contributed by atoms with van der Waals surface area (Å²) in [5.41, 5.74) is -0.478. The van der Waals surface area contributed by atoms with E-state index in [2.05, 4.69) is 0 Å². The molecule has 0 saturated heterocycles. The Bertz CT molecular complexity index is 106. The lowest BCUT2D eigenvalue weighted by atomic mass is 11.3. The summed E-state index contributed by atoms with van der Waals surface area (Å²) in [5, 5.41) is 0. The molecule has 0 bridgehead atoms. The van der Waals surface area contributed by atoms with Crippen LogP contribution in [0.15, 0.2) is 0 Å². The molecular weight excluding hydrogens is 264 g/mol. The minimum absolute atomic E-state index is 0.239. The van der Waals surface area contributed by atoms with E-state index >= 15 is 0 Å². The molecule has 14 heavy (non-hydrogen) atoms. The van der Waals surface area contributed by atoms with Crippen molar-refractivity contribution in [2.24, 2.45) is 0 Å². The van der Waals surface area contributed by atoms with Crippen molar-refractivity contribution in [2.75, 3.05) is 28.4 Å². The quantitative estimate of drug-likeness (QED) is 0.362. The van der Waals surface area contributed by atoms with Crippen LogP contribution in [0.25, 0.3) is 0 Å². The number of hydrogen-bond acceptors (Lipinski definition) is 8. The van der Waals surface area contributed by atoms with Crippen LogP contribution >= 0.6 is 41.2 Å². The van der Waals surface area contributed by atoms with Gasteiger partial charge in [0.1, 0.15) is 0 Å². The molecule has 0 N–H and O–H groups in total. The third-order valence-corrected chi connectivity index (χ3v) is 7.33. The monoisotopic (exact) mass is 278 g/mol. The lowest BCUT2D eigenvalue weighted by Crippen LogP contribution is -2.06. The predicted octanol–water partition coefficient (Wildman–Crippen LogP) is 2.82. The van der Waals surface area contributed by atoms with Gasteiger partial charge in [0.05, 0.1) is 0 Å². The van der Waals surface area contributed by atoms with Crippen LogP contribution in [0.1, 0.15) is 0 Å². The summed E-state index contributed by atoms with van der Waals surface area (Å²) in [7, 11) is 12.5. The second kappa shape index (κ2) is 10.7. The predicted molar refractivity (Wildman–Crippen MR) is 66.0 cm³/mol. The second-order valence-electron chi connectivity index (χ2n) is 1.85. The molecule has 0 aliphatic heterocycles. The van der Waals surface area contributed by atoms with Crippen LogP contribution in [0.2, 0.25) is 0 Å². The van der Waals surface area contributed by atoms with Gasteiger partial charge in [-0.25, -0.2) is 0 Å². The lowest BCUT2D eigenvalue weighted by Gasteiger charge is -2.13. The van der Waals surface area contributed by atoms with Gasteiger partial charge in [-0.15, -0.1) is 0 Å². The molecule has 0 aromatic carbocycles. The van der Waals surface area contributed by atoms with E-state index in [0.717, 1.165) is 0 Å². The summed E-state index contributed by atoms with van der Waals surface area (Å²) in [6.45, 7) is 0. The first-order valence-electron chi connectivity index (χ1n) is 3.55. The van der Waals surface area contributed by atoms with E-state index in [0.29, 0.717) is 0 Å². The van der Waals surface area contributed by atoms with Crippen LogP contribution in [-0.4, -0.2) is 39.7 Å². The lowest BCUT2D eigenvalue weighted by molar-refractivity contribution is -0.0333. The topological polar surface area (TPSA) is 36.9 Å². The van der Waals surface area contributed by atoms with E-state index in [4.69, 9.17) is 18.9 Å². The first-order valence-corrected chi connectivity index (χ1v) is 8.49. The number of ether oxygens (including phenoxy) is 4. The molecule has 0 aliphatic rings. The molecule has 0 fully saturated rings. The molecule has 8 heteroatoms. The Balaban J connectivity index is 3.35. The van der Waals surface area contributed by atoms with Gasteiger partial charge in [0.15, 0.2) is 0 Å². The van der Waals surface area contributed by atoms with Gasteiger partial charge in [-0.1, -0.05) is 0 Å². The number of methoxy groups -OCH3 is 4. The van der Waals surface area contributed by atoms with Gasteiger partial charge in [0.2, 0.25) is 11.2 Å². The Hall–Kier alpha value is 1.24. The molecule has 0 aromatic rings. The van der Waals surface area contributed by atoms with Crippen LogP contribution < -0.4 is 0 Å². The average Bonchev–Trinajstić information content (AvgIpc) is 2.24. The minimum Gasteiger partial charge on any atom is -0.346 e. The van der Waals surface area contributed by atoms with Crippen molar-refractivity contribution >= 4 is 41.2 Å². The first-order chi connectivity index (χ1) is 6.78. The van der Waals surface area contributed by atoms with E-state index in [1.165, 1.54) is 21.6 Å². The van der Waals surface area contributed by atoms with Gasteiger partial charge < -0.3 is 18.9 Å². The van der Waals surface area contributed by atoms with Gasteiger partial charge >= 0.3 is 0 Å². The Morgan fingerprint density at radius 3 is 1.14 bits per heavy atom. The van der Waals surface area contributed by atoms with Crippen molar-refractivity contribution in [3.05, 3.63) is 0 Å². The molecule has 0 aromatic heterocycles. The molecule has 0 unspecified atom stereocenters. The summed E-state index contributed by atoms with van der Waals surface area (Å²) in [4.78, 5) is 0.